The number of carbonyl (C=O) groups is 2. The highest BCUT2D eigenvalue weighted by Gasteiger charge is 2.13. The Labute approximate surface area is 75.8 Å². The number of aliphatic carboxylic acids is 1. The van der Waals surface area contributed by atoms with Crippen molar-refractivity contribution in [1.82, 2.24) is 0 Å². The summed E-state index contributed by atoms with van der Waals surface area (Å²) in [5.41, 5.74) is 10.3. The fourth-order valence-corrected chi connectivity index (χ4v) is 0.541. The lowest BCUT2D eigenvalue weighted by atomic mass is 10.2. The van der Waals surface area contributed by atoms with Gasteiger partial charge in [0.15, 0.2) is 0 Å². The van der Waals surface area contributed by atoms with Crippen molar-refractivity contribution in [3.8, 4) is 0 Å². The minimum absolute atomic E-state index is 0.0200. The maximum Gasteiger partial charge on any atom is 0.322 e. The molecule has 0 fully saturated rings. The number of ether oxygens (including phenoxy) is 1. The van der Waals surface area contributed by atoms with Gasteiger partial charge in [0, 0.05) is 6.42 Å². The van der Waals surface area contributed by atoms with Crippen molar-refractivity contribution in [1.29, 1.82) is 0 Å². The molecule has 0 unspecified atom stereocenters. The molecule has 6 heteroatoms. The Kier molecular flexibility index (Phi) is 5.01. The molecule has 0 aliphatic rings. The van der Waals surface area contributed by atoms with Crippen LogP contribution in [0.3, 0.4) is 0 Å². The van der Waals surface area contributed by atoms with Gasteiger partial charge in [0.2, 0.25) is 0 Å². The van der Waals surface area contributed by atoms with E-state index >= 15 is 0 Å². The first-order valence-electron chi connectivity index (χ1n) is 3.85. The van der Waals surface area contributed by atoms with Gasteiger partial charge in [-0.05, 0) is 6.92 Å². The number of hydrogen-bond acceptors (Lipinski definition) is 5. The van der Waals surface area contributed by atoms with E-state index in [0.29, 0.717) is 0 Å². The molecule has 0 radical (unpaired) electrons. The molecule has 0 aromatic rings. The lowest BCUT2D eigenvalue weighted by Crippen LogP contribution is -2.33. The lowest BCUT2D eigenvalue weighted by molar-refractivity contribution is -0.146. The molecule has 0 bridgehead atoms. The molecule has 0 heterocycles. The number of carboxylic acids is 1. The quantitative estimate of drug-likeness (QED) is 0.463. The van der Waals surface area contributed by atoms with Crippen molar-refractivity contribution in [3.63, 3.8) is 0 Å². The van der Waals surface area contributed by atoms with Gasteiger partial charge in [-0.3, -0.25) is 9.59 Å². The van der Waals surface area contributed by atoms with Gasteiger partial charge in [-0.2, -0.15) is 0 Å². The zero-order chi connectivity index (χ0) is 10.4. The van der Waals surface area contributed by atoms with Gasteiger partial charge in [0.25, 0.3) is 0 Å². The second kappa shape index (κ2) is 5.50. The number of nitrogens with two attached hydrogens (primary N) is 2. The Balaban J connectivity index is 3.56. The number of carbonyl (C=O) groups excluding carboxylic acids is 1. The zero-order valence-corrected chi connectivity index (χ0v) is 7.40. The van der Waals surface area contributed by atoms with Gasteiger partial charge in [-0.1, -0.05) is 0 Å². The monoisotopic (exact) mass is 190 g/mol. The third kappa shape index (κ3) is 5.15. The third-order valence-corrected chi connectivity index (χ3v) is 1.36. The summed E-state index contributed by atoms with van der Waals surface area (Å²) in [6, 6.07) is -1.69. The molecule has 0 saturated carbocycles. The molecule has 6 nitrogen and oxygen atoms in total. The van der Waals surface area contributed by atoms with Gasteiger partial charge in [-0.25, -0.2) is 0 Å². The summed E-state index contributed by atoms with van der Waals surface area (Å²) in [4.78, 5) is 21.0. The van der Waals surface area contributed by atoms with Crippen LogP contribution in [-0.4, -0.2) is 35.7 Å². The van der Waals surface area contributed by atoms with E-state index in [-0.39, 0.29) is 13.0 Å². The number of carboxylic acid groups (broad SMARTS) is 1. The lowest BCUT2D eigenvalue weighted by Gasteiger charge is -2.08. The van der Waals surface area contributed by atoms with Crippen LogP contribution in [0.2, 0.25) is 0 Å². The minimum Gasteiger partial charge on any atom is -0.480 e. The maximum absolute atomic E-state index is 10.8. The molecule has 0 aromatic carbocycles. The number of esters is 1. The van der Waals surface area contributed by atoms with Crippen LogP contribution < -0.4 is 11.5 Å². The third-order valence-electron chi connectivity index (χ3n) is 1.36. The highest BCUT2D eigenvalue weighted by atomic mass is 16.5. The first kappa shape index (κ1) is 11.9. The van der Waals surface area contributed by atoms with E-state index in [1.54, 1.807) is 0 Å². The van der Waals surface area contributed by atoms with Gasteiger partial charge >= 0.3 is 11.9 Å². The molecule has 0 amide bonds. The maximum atomic E-state index is 10.8. The highest BCUT2D eigenvalue weighted by molar-refractivity contribution is 5.75. The van der Waals surface area contributed by atoms with Crippen molar-refractivity contribution in [2.45, 2.75) is 25.4 Å². The van der Waals surface area contributed by atoms with Crippen LogP contribution in [0.4, 0.5) is 0 Å². The predicted molar refractivity (Wildman–Crippen MR) is 44.8 cm³/mol. The van der Waals surface area contributed by atoms with Crippen molar-refractivity contribution in [2.75, 3.05) is 6.61 Å². The predicted octanol–water partition coefficient (Wildman–Crippen LogP) is -1.32. The van der Waals surface area contributed by atoms with Gasteiger partial charge in [-0.15, -0.1) is 0 Å². The first-order valence-corrected chi connectivity index (χ1v) is 3.85. The molecular formula is C7H14N2O4. The van der Waals surface area contributed by atoms with Gasteiger partial charge in [0.1, 0.15) is 12.1 Å². The summed E-state index contributed by atoms with van der Waals surface area (Å²) in [6.45, 7) is 1.47. The molecule has 0 aromatic heterocycles. The van der Waals surface area contributed by atoms with Crippen LogP contribution in [0.1, 0.15) is 13.3 Å². The van der Waals surface area contributed by atoms with Crippen LogP contribution in [0.25, 0.3) is 0 Å². The smallest absolute Gasteiger partial charge is 0.322 e. The van der Waals surface area contributed by atoms with Crippen LogP contribution in [0.5, 0.6) is 0 Å². The second-order valence-corrected chi connectivity index (χ2v) is 2.69. The van der Waals surface area contributed by atoms with Crippen molar-refractivity contribution < 1.29 is 19.4 Å². The van der Waals surface area contributed by atoms with Gasteiger partial charge < -0.3 is 21.3 Å². The Morgan fingerprint density at radius 3 is 2.38 bits per heavy atom. The van der Waals surface area contributed by atoms with Crippen molar-refractivity contribution in [2.24, 2.45) is 11.5 Å². The molecule has 0 aliphatic carbocycles. The molecule has 5 N–H and O–H groups in total. The summed E-state index contributed by atoms with van der Waals surface area (Å²) in [6.07, 6.45) is 0.0911. The SMILES string of the molecule is C[C@H](N)C(=O)OCC[C@@H](N)C(=O)O. The number of rotatable bonds is 5. The summed E-state index contributed by atoms with van der Waals surface area (Å²) >= 11 is 0. The van der Waals surface area contributed by atoms with Gasteiger partial charge in [0.05, 0.1) is 6.61 Å². The molecule has 76 valence electrons. The standard InChI is InChI=1S/C7H14N2O4/c1-4(8)7(12)13-3-2-5(9)6(10)11/h4-5H,2-3,8-9H2,1H3,(H,10,11)/t4-,5+/m0/s1. The van der Waals surface area contributed by atoms with E-state index < -0.39 is 24.0 Å². The van der Waals surface area contributed by atoms with E-state index in [0.717, 1.165) is 0 Å². The topological polar surface area (TPSA) is 116 Å². The Hall–Kier alpha value is -1.14. The van der Waals surface area contributed by atoms with E-state index in [1.165, 1.54) is 6.92 Å². The summed E-state index contributed by atoms with van der Waals surface area (Å²) in [5, 5.41) is 8.37. The Bertz CT molecular complexity index is 193. The summed E-state index contributed by atoms with van der Waals surface area (Å²) in [7, 11) is 0. The van der Waals surface area contributed by atoms with Crippen LogP contribution in [0, 0.1) is 0 Å². The molecule has 0 rings (SSSR count). The minimum atomic E-state index is -1.11. The van der Waals surface area contributed by atoms with Crippen molar-refractivity contribution in [3.05, 3.63) is 0 Å². The highest BCUT2D eigenvalue weighted by Crippen LogP contribution is 1.91. The first-order chi connectivity index (χ1) is 5.95. The Morgan fingerprint density at radius 1 is 1.46 bits per heavy atom. The average molecular weight is 190 g/mol. The molecular weight excluding hydrogens is 176 g/mol. The Morgan fingerprint density at radius 2 is 2.00 bits per heavy atom. The molecule has 0 saturated heterocycles. The molecule has 2 atom stereocenters. The van der Waals surface area contributed by atoms with Crippen LogP contribution in [-0.2, 0) is 14.3 Å². The van der Waals surface area contributed by atoms with E-state index in [2.05, 4.69) is 4.74 Å². The second-order valence-electron chi connectivity index (χ2n) is 2.69. The average Bonchev–Trinajstić information content (AvgIpc) is 2.03. The van der Waals surface area contributed by atoms with E-state index in [1.807, 2.05) is 0 Å². The van der Waals surface area contributed by atoms with Crippen LogP contribution in [0.15, 0.2) is 0 Å². The molecule has 0 aliphatic heterocycles. The fraction of sp³-hybridized carbons (Fsp3) is 0.714. The zero-order valence-electron chi connectivity index (χ0n) is 7.40. The normalized spacial score (nSPS) is 14.7. The van der Waals surface area contributed by atoms with E-state index in [4.69, 9.17) is 16.6 Å². The van der Waals surface area contributed by atoms with E-state index in [9.17, 15) is 9.59 Å². The molecule has 13 heavy (non-hydrogen) atoms. The summed E-state index contributed by atoms with van der Waals surface area (Å²) < 4.78 is 4.62. The number of hydrogen-bond donors (Lipinski definition) is 3. The largest absolute Gasteiger partial charge is 0.480 e. The molecule has 0 spiro atoms. The van der Waals surface area contributed by atoms with Crippen LogP contribution >= 0.6 is 0 Å². The summed E-state index contributed by atoms with van der Waals surface area (Å²) in [5.74, 6) is -1.67. The fourth-order valence-electron chi connectivity index (χ4n) is 0.541. The van der Waals surface area contributed by atoms with Crippen molar-refractivity contribution >= 4 is 11.9 Å².